The lowest BCUT2D eigenvalue weighted by atomic mass is 9.46. The monoisotopic (exact) mass is 511 g/mol. The van der Waals surface area contributed by atoms with E-state index in [1.165, 1.54) is 0 Å². The summed E-state index contributed by atoms with van der Waals surface area (Å²) in [5.74, 6) is 1.21. The highest BCUT2D eigenvalue weighted by Crippen LogP contribution is 2.66. The van der Waals surface area contributed by atoms with Crippen molar-refractivity contribution < 1.29 is 31.1 Å². The Bertz CT molecular complexity index is 1130. The van der Waals surface area contributed by atoms with Crippen LogP contribution in [0.4, 0.5) is 32.0 Å². The van der Waals surface area contributed by atoms with Crippen LogP contribution in [0.2, 0.25) is 0 Å². The molecule has 2 aromatic rings. The van der Waals surface area contributed by atoms with Crippen LogP contribution in [0.3, 0.4) is 0 Å². The first-order chi connectivity index (χ1) is 16.8. The Labute approximate surface area is 207 Å². The maximum Gasteiger partial charge on any atom is 0.416 e. The molecule has 196 valence electrons. The fourth-order valence-corrected chi connectivity index (χ4v) is 7.53. The van der Waals surface area contributed by atoms with E-state index in [0.717, 1.165) is 55.4 Å². The second kappa shape index (κ2) is 8.32. The van der Waals surface area contributed by atoms with Crippen molar-refractivity contribution >= 4 is 5.69 Å². The summed E-state index contributed by atoms with van der Waals surface area (Å²) in [6.07, 6.45) is -4.51. The van der Waals surface area contributed by atoms with Crippen LogP contribution in [0.5, 0.6) is 5.75 Å². The van der Waals surface area contributed by atoms with E-state index in [1.54, 1.807) is 7.11 Å². The number of hydrogen-bond donors (Lipinski definition) is 0. The highest BCUT2D eigenvalue weighted by Gasteiger charge is 2.63. The summed E-state index contributed by atoms with van der Waals surface area (Å²) in [6.45, 7) is 4.74. The zero-order valence-electron chi connectivity index (χ0n) is 20.7. The highest BCUT2D eigenvalue weighted by molar-refractivity contribution is 5.60. The van der Waals surface area contributed by atoms with E-state index in [1.807, 2.05) is 23.1 Å². The van der Waals surface area contributed by atoms with Crippen LogP contribution < -0.4 is 9.64 Å². The average molecular weight is 512 g/mol. The van der Waals surface area contributed by atoms with Crippen LogP contribution in [0, 0.1) is 17.3 Å². The molecular weight excluding hydrogens is 480 g/mol. The van der Waals surface area contributed by atoms with Crippen LogP contribution in [0.25, 0.3) is 0 Å². The van der Waals surface area contributed by atoms with E-state index in [9.17, 15) is 26.3 Å². The minimum absolute atomic E-state index is 0.00620. The first-order valence-corrected chi connectivity index (χ1v) is 12.6. The topological polar surface area (TPSA) is 12.5 Å². The lowest BCUT2D eigenvalue weighted by Gasteiger charge is -2.69. The normalized spacial score (nSPS) is 29.6. The van der Waals surface area contributed by atoms with Gasteiger partial charge in [-0.05, 0) is 90.8 Å². The van der Waals surface area contributed by atoms with E-state index in [-0.39, 0.29) is 23.1 Å². The lowest BCUT2D eigenvalue weighted by Crippen LogP contribution is -2.69. The predicted octanol–water partition coefficient (Wildman–Crippen LogP) is 8.23. The van der Waals surface area contributed by atoms with E-state index in [4.69, 9.17) is 4.74 Å². The molecule has 0 unspecified atom stereocenters. The Hall–Kier alpha value is -2.38. The Balaban J connectivity index is 1.75. The maximum atomic E-state index is 13.8. The highest BCUT2D eigenvalue weighted by atomic mass is 19.4. The number of anilines is 1. The molecule has 8 heteroatoms. The molecule has 2 bridgehead atoms. The maximum absolute atomic E-state index is 13.8. The molecule has 36 heavy (non-hydrogen) atoms. The fourth-order valence-electron chi connectivity index (χ4n) is 7.53. The summed E-state index contributed by atoms with van der Waals surface area (Å²) in [5, 5.41) is 0. The molecule has 2 aromatic carbocycles. The molecule has 2 nitrogen and oxygen atoms in total. The minimum Gasteiger partial charge on any atom is -0.497 e. The third-order valence-corrected chi connectivity index (χ3v) is 9.06. The number of alkyl halides is 6. The van der Waals surface area contributed by atoms with Gasteiger partial charge in [0.15, 0.2) is 0 Å². The SMILES string of the molecule is CCC[C@H]1[C@@H]2CCc3cc(OC)ccc3[C@@]23CC[C@]1(C)CN3c1cc(C(F)(F)F)cc(C(F)(F)F)c1. The number of aryl methyl sites for hydroxylation is 1. The van der Waals surface area contributed by atoms with Gasteiger partial charge in [-0.25, -0.2) is 0 Å². The molecule has 0 aromatic heterocycles. The van der Waals surface area contributed by atoms with Gasteiger partial charge in [0.25, 0.3) is 0 Å². The molecule has 1 spiro atoms. The van der Waals surface area contributed by atoms with Gasteiger partial charge >= 0.3 is 12.4 Å². The molecule has 2 aliphatic heterocycles. The summed E-state index contributed by atoms with van der Waals surface area (Å²) < 4.78 is 88.1. The Kier molecular flexibility index (Phi) is 5.84. The molecule has 2 saturated heterocycles. The Morgan fingerprint density at radius 1 is 0.972 bits per heavy atom. The van der Waals surface area contributed by atoms with E-state index < -0.39 is 29.0 Å². The standard InChI is InChI=1S/C28H31F6NO/c1-4-5-23-24-8-6-17-12-21(36-3)7-9-22(17)26(24)11-10-25(23,2)16-35(26)20-14-18(27(29,30)31)13-19(15-20)28(32,33)34/h7,9,12-15,23-24H,4-6,8,10-11,16H2,1-3H3/t23-,24-,25+,26-/m0/s1. The van der Waals surface area contributed by atoms with Crippen LogP contribution in [0.1, 0.15) is 68.2 Å². The first kappa shape index (κ1) is 25.3. The van der Waals surface area contributed by atoms with Crippen molar-refractivity contribution in [2.45, 2.75) is 70.3 Å². The van der Waals surface area contributed by atoms with Gasteiger partial charge in [0.1, 0.15) is 5.75 Å². The number of nitrogens with zero attached hydrogens (tertiary/aromatic N) is 1. The molecule has 4 aliphatic rings. The molecule has 6 rings (SSSR count). The quantitative estimate of drug-likeness (QED) is 0.384. The summed E-state index contributed by atoms with van der Waals surface area (Å²) >= 11 is 0. The molecule has 2 aliphatic carbocycles. The van der Waals surface area contributed by atoms with E-state index >= 15 is 0 Å². The number of fused-ring (bicyclic) bond motifs is 3. The number of rotatable bonds is 4. The van der Waals surface area contributed by atoms with Crippen LogP contribution in [-0.2, 0) is 24.3 Å². The first-order valence-electron chi connectivity index (χ1n) is 12.6. The van der Waals surface area contributed by atoms with E-state index in [0.29, 0.717) is 24.6 Å². The Morgan fingerprint density at radius 2 is 1.64 bits per heavy atom. The molecular formula is C28H31F6NO. The lowest BCUT2D eigenvalue weighted by molar-refractivity contribution is -0.143. The molecule has 3 fully saturated rings. The molecule has 2 heterocycles. The van der Waals surface area contributed by atoms with Gasteiger partial charge in [0.05, 0.1) is 23.8 Å². The number of benzene rings is 2. The van der Waals surface area contributed by atoms with Crippen molar-refractivity contribution in [3.63, 3.8) is 0 Å². The predicted molar refractivity (Wildman–Crippen MR) is 126 cm³/mol. The van der Waals surface area contributed by atoms with Crippen LogP contribution in [-0.4, -0.2) is 13.7 Å². The Morgan fingerprint density at radius 3 is 2.22 bits per heavy atom. The van der Waals surface area contributed by atoms with Gasteiger partial charge in [0.2, 0.25) is 0 Å². The number of ether oxygens (including phenoxy) is 1. The van der Waals surface area contributed by atoms with Gasteiger partial charge in [0, 0.05) is 12.2 Å². The minimum atomic E-state index is -4.88. The molecule has 0 N–H and O–H groups in total. The number of hydrogen-bond acceptors (Lipinski definition) is 2. The van der Waals surface area contributed by atoms with Gasteiger partial charge in [-0.1, -0.05) is 26.3 Å². The van der Waals surface area contributed by atoms with Crippen molar-refractivity contribution in [1.82, 2.24) is 0 Å². The molecule has 0 radical (unpaired) electrons. The van der Waals surface area contributed by atoms with Gasteiger partial charge in [-0.3, -0.25) is 0 Å². The van der Waals surface area contributed by atoms with Crippen molar-refractivity contribution in [2.75, 3.05) is 18.6 Å². The smallest absolute Gasteiger partial charge is 0.416 e. The molecule has 0 amide bonds. The fraction of sp³-hybridized carbons (Fsp3) is 0.571. The zero-order valence-corrected chi connectivity index (χ0v) is 20.7. The summed E-state index contributed by atoms with van der Waals surface area (Å²) in [4.78, 5) is 1.91. The van der Waals surface area contributed by atoms with Crippen molar-refractivity contribution in [1.29, 1.82) is 0 Å². The van der Waals surface area contributed by atoms with Crippen molar-refractivity contribution in [3.05, 3.63) is 58.7 Å². The average Bonchev–Trinajstić information content (AvgIpc) is 2.82. The third-order valence-electron chi connectivity index (χ3n) is 9.06. The van der Waals surface area contributed by atoms with Crippen molar-refractivity contribution in [2.24, 2.45) is 17.3 Å². The largest absolute Gasteiger partial charge is 0.497 e. The summed E-state index contributed by atoms with van der Waals surface area (Å²) in [7, 11) is 1.59. The molecule has 1 saturated carbocycles. The zero-order chi connectivity index (χ0) is 26.1. The number of halogens is 6. The summed E-state index contributed by atoms with van der Waals surface area (Å²) in [6, 6.07) is 7.88. The van der Waals surface area contributed by atoms with Gasteiger partial charge in [-0.15, -0.1) is 0 Å². The third kappa shape index (κ3) is 3.77. The van der Waals surface area contributed by atoms with Gasteiger partial charge in [-0.2, -0.15) is 26.3 Å². The summed E-state index contributed by atoms with van der Waals surface area (Å²) in [5.41, 5.74) is -1.26. The van der Waals surface area contributed by atoms with Crippen molar-refractivity contribution in [3.8, 4) is 5.75 Å². The van der Waals surface area contributed by atoms with Crippen LogP contribution in [0.15, 0.2) is 36.4 Å². The van der Waals surface area contributed by atoms with Crippen LogP contribution >= 0.6 is 0 Å². The van der Waals surface area contributed by atoms with E-state index in [2.05, 4.69) is 13.8 Å². The number of methoxy groups -OCH3 is 1. The molecule has 4 atom stereocenters. The van der Waals surface area contributed by atoms with Gasteiger partial charge < -0.3 is 9.64 Å². The number of piperidine rings is 2. The second-order valence-corrected chi connectivity index (χ2v) is 11.0. The second-order valence-electron chi connectivity index (χ2n) is 11.0.